The van der Waals surface area contributed by atoms with Crippen LogP contribution in [0, 0.1) is 17.5 Å². The highest BCUT2D eigenvalue weighted by Gasteiger charge is 2.22. The summed E-state index contributed by atoms with van der Waals surface area (Å²) in [5.41, 5.74) is -0.716. The van der Waals surface area contributed by atoms with E-state index in [0.29, 0.717) is 22.9 Å². The van der Waals surface area contributed by atoms with Crippen LogP contribution in [0.5, 0.6) is 0 Å². The highest BCUT2D eigenvalue weighted by atomic mass is 19.1. The van der Waals surface area contributed by atoms with Gasteiger partial charge in [-0.2, -0.15) is 0 Å². The Balaban J connectivity index is 2.22. The molecule has 3 aromatic rings. The number of hydrogen-bond donors (Lipinski definition) is 0. The molecule has 0 saturated heterocycles. The minimum Gasteiger partial charge on any atom is -0.288 e. The number of ketones is 1. The molecule has 21 heavy (non-hydrogen) atoms. The monoisotopic (exact) mass is 287 g/mol. The Kier molecular flexibility index (Phi) is 3.17. The lowest BCUT2D eigenvalue weighted by Crippen LogP contribution is -2.09. The van der Waals surface area contributed by atoms with Crippen molar-refractivity contribution in [3.8, 4) is 0 Å². The third-order valence-corrected chi connectivity index (χ3v) is 3.15. The van der Waals surface area contributed by atoms with Gasteiger partial charge in [-0.3, -0.25) is 9.78 Å². The Hall–Kier alpha value is -2.69. The summed E-state index contributed by atoms with van der Waals surface area (Å²) in [5, 5.41) is 1.20. The molecule has 0 N–H and O–H groups in total. The van der Waals surface area contributed by atoms with Gasteiger partial charge in [0.25, 0.3) is 0 Å². The SMILES string of the molecule is O=C(c1c(F)cc(F)cc1F)c1cncc2ccccc12. The molecule has 2 aromatic carbocycles. The van der Waals surface area contributed by atoms with Gasteiger partial charge in [0.15, 0.2) is 0 Å². The molecule has 0 spiro atoms. The maximum Gasteiger partial charge on any atom is 0.201 e. The normalized spacial score (nSPS) is 10.8. The van der Waals surface area contributed by atoms with Crippen LogP contribution >= 0.6 is 0 Å². The van der Waals surface area contributed by atoms with Crippen molar-refractivity contribution >= 4 is 16.6 Å². The number of carbonyl (C=O) groups excluding carboxylic acids is 1. The quantitative estimate of drug-likeness (QED) is 0.669. The fourth-order valence-electron chi connectivity index (χ4n) is 2.19. The van der Waals surface area contributed by atoms with Crippen LogP contribution in [0.3, 0.4) is 0 Å². The number of fused-ring (bicyclic) bond motifs is 1. The van der Waals surface area contributed by atoms with Crippen molar-refractivity contribution in [1.29, 1.82) is 0 Å². The van der Waals surface area contributed by atoms with Crippen LogP contribution in [0.1, 0.15) is 15.9 Å². The Morgan fingerprint density at radius 2 is 1.62 bits per heavy atom. The van der Waals surface area contributed by atoms with Crippen LogP contribution < -0.4 is 0 Å². The molecule has 0 saturated carbocycles. The van der Waals surface area contributed by atoms with E-state index in [-0.39, 0.29) is 5.56 Å². The minimum absolute atomic E-state index is 0.0671. The van der Waals surface area contributed by atoms with Gasteiger partial charge in [0.1, 0.15) is 17.5 Å². The number of aromatic nitrogens is 1. The van der Waals surface area contributed by atoms with Gasteiger partial charge in [0, 0.05) is 35.5 Å². The van der Waals surface area contributed by atoms with Crippen LogP contribution in [0.4, 0.5) is 13.2 Å². The van der Waals surface area contributed by atoms with Gasteiger partial charge in [0.2, 0.25) is 5.78 Å². The first-order chi connectivity index (χ1) is 10.1. The zero-order valence-corrected chi connectivity index (χ0v) is 10.6. The lowest BCUT2D eigenvalue weighted by molar-refractivity contribution is 0.103. The highest BCUT2D eigenvalue weighted by molar-refractivity contribution is 6.16. The molecular weight excluding hydrogens is 279 g/mol. The summed E-state index contributed by atoms with van der Waals surface area (Å²) in [6.07, 6.45) is 2.79. The fraction of sp³-hybridized carbons (Fsp3) is 0. The van der Waals surface area contributed by atoms with Crippen molar-refractivity contribution in [2.24, 2.45) is 0 Å². The molecule has 0 fully saturated rings. The van der Waals surface area contributed by atoms with Crippen LogP contribution in [0.25, 0.3) is 10.8 Å². The Morgan fingerprint density at radius 3 is 2.33 bits per heavy atom. The number of halogens is 3. The molecule has 5 heteroatoms. The second-order valence-electron chi connectivity index (χ2n) is 4.48. The average Bonchev–Trinajstić information content (AvgIpc) is 2.45. The lowest BCUT2D eigenvalue weighted by Gasteiger charge is -2.07. The number of rotatable bonds is 2. The zero-order valence-electron chi connectivity index (χ0n) is 10.6. The molecule has 0 radical (unpaired) electrons. The van der Waals surface area contributed by atoms with Crippen LogP contribution in [-0.4, -0.2) is 10.8 Å². The first-order valence-electron chi connectivity index (χ1n) is 6.10. The average molecular weight is 287 g/mol. The Labute approximate surface area is 117 Å². The molecular formula is C16H8F3NO. The van der Waals surface area contributed by atoms with E-state index < -0.39 is 28.8 Å². The van der Waals surface area contributed by atoms with Gasteiger partial charge in [-0.05, 0) is 5.39 Å². The minimum atomic E-state index is -1.23. The predicted molar refractivity (Wildman–Crippen MR) is 71.5 cm³/mol. The van der Waals surface area contributed by atoms with Crippen molar-refractivity contribution in [2.75, 3.05) is 0 Å². The smallest absolute Gasteiger partial charge is 0.201 e. The molecule has 0 atom stereocenters. The van der Waals surface area contributed by atoms with E-state index in [2.05, 4.69) is 4.98 Å². The number of carbonyl (C=O) groups is 1. The van der Waals surface area contributed by atoms with Crippen molar-refractivity contribution < 1.29 is 18.0 Å². The Bertz CT molecular complexity index is 833. The number of nitrogens with zero attached hydrogens (tertiary/aromatic N) is 1. The first-order valence-corrected chi connectivity index (χ1v) is 6.10. The fourth-order valence-corrected chi connectivity index (χ4v) is 2.19. The zero-order chi connectivity index (χ0) is 15.0. The molecule has 0 bridgehead atoms. The largest absolute Gasteiger partial charge is 0.288 e. The van der Waals surface area contributed by atoms with Crippen LogP contribution in [-0.2, 0) is 0 Å². The molecule has 0 aliphatic heterocycles. The molecule has 0 unspecified atom stereocenters. The van der Waals surface area contributed by atoms with Gasteiger partial charge in [0.05, 0.1) is 5.56 Å². The van der Waals surface area contributed by atoms with Crippen LogP contribution in [0.15, 0.2) is 48.8 Å². The first kappa shape index (κ1) is 13.3. The van der Waals surface area contributed by atoms with E-state index >= 15 is 0 Å². The second-order valence-corrected chi connectivity index (χ2v) is 4.48. The topological polar surface area (TPSA) is 30.0 Å². The predicted octanol–water partition coefficient (Wildman–Crippen LogP) is 3.88. The molecule has 0 aliphatic carbocycles. The summed E-state index contributed by atoms with van der Waals surface area (Å²) in [6.45, 7) is 0. The molecule has 104 valence electrons. The van der Waals surface area contributed by atoms with Crippen LogP contribution in [0.2, 0.25) is 0 Å². The summed E-state index contributed by atoms with van der Waals surface area (Å²) in [7, 11) is 0. The Morgan fingerprint density at radius 1 is 0.952 bits per heavy atom. The van der Waals surface area contributed by atoms with E-state index in [1.165, 1.54) is 6.20 Å². The maximum atomic E-state index is 13.7. The van der Waals surface area contributed by atoms with E-state index in [1.54, 1.807) is 30.5 Å². The third kappa shape index (κ3) is 2.27. The lowest BCUT2D eigenvalue weighted by atomic mass is 9.99. The summed E-state index contributed by atoms with van der Waals surface area (Å²) < 4.78 is 40.4. The van der Waals surface area contributed by atoms with Gasteiger partial charge in [-0.25, -0.2) is 13.2 Å². The molecule has 0 amide bonds. The highest BCUT2D eigenvalue weighted by Crippen LogP contribution is 2.23. The number of benzene rings is 2. The van der Waals surface area contributed by atoms with Gasteiger partial charge < -0.3 is 0 Å². The molecule has 3 rings (SSSR count). The summed E-state index contributed by atoms with van der Waals surface area (Å²) >= 11 is 0. The summed E-state index contributed by atoms with van der Waals surface area (Å²) in [4.78, 5) is 16.3. The molecule has 1 heterocycles. The van der Waals surface area contributed by atoms with Crippen molar-refractivity contribution in [2.45, 2.75) is 0 Å². The van der Waals surface area contributed by atoms with E-state index in [1.807, 2.05) is 0 Å². The van der Waals surface area contributed by atoms with Gasteiger partial charge in [-0.1, -0.05) is 24.3 Å². The molecule has 1 aromatic heterocycles. The standard InChI is InChI=1S/C16H8F3NO/c17-10-5-13(18)15(14(19)6-10)16(21)12-8-20-7-9-3-1-2-4-11(9)12/h1-8H. The van der Waals surface area contributed by atoms with E-state index in [4.69, 9.17) is 0 Å². The maximum absolute atomic E-state index is 13.7. The second kappa shape index (κ2) is 5.01. The molecule has 2 nitrogen and oxygen atoms in total. The van der Waals surface area contributed by atoms with Crippen molar-refractivity contribution in [3.05, 3.63) is 77.4 Å². The molecule has 0 aliphatic rings. The van der Waals surface area contributed by atoms with E-state index in [0.717, 1.165) is 0 Å². The van der Waals surface area contributed by atoms with Gasteiger partial charge >= 0.3 is 0 Å². The van der Waals surface area contributed by atoms with Gasteiger partial charge in [-0.15, -0.1) is 0 Å². The van der Waals surface area contributed by atoms with E-state index in [9.17, 15) is 18.0 Å². The van der Waals surface area contributed by atoms with Crippen molar-refractivity contribution in [1.82, 2.24) is 4.98 Å². The number of hydrogen-bond acceptors (Lipinski definition) is 2. The summed E-state index contributed by atoms with van der Waals surface area (Å²) in [5.74, 6) is -4.40. The summed E-state index contributed by atoms with van der Waals surface area (Å²) in [6, 6.07) is 7.82. The number of pyridine rings is 1. The third-order valence-electron chi connectivity index (χ3n) is 3.15. The van der Waals surface area contributed by atoms with Crippen molar-refractivity contribution in [3.63, 3.8) is 0 Å².